The standard InChI is InChI=1S/C19H23N3O/c1-15-4-6-16(7-5-15)14-21-18(23)19(2)10-3-13-22(19)17-8-11-20-12-9-17/h4-9,11-12H,3,10,13-14H2,1-2H3,(H,21,23)/t19-/m0/s1. The van der Waals surface area contributed by atoms with E-state index in [0.717, 1.165) is 30.6 Å². The van der Waals surface area contributed by atoms with Gasteiger partial charge in [0.2, 0.25) is 5.91 Å². The first-order valence-corrected chi connectivity index (χ1v) is 8.11. The van der Waals surface area contributed by atoms with Crippen LogP contribution in [-0.2, 0) is 11.3 Å². The summed E-state index contributed by atoms with van der Waals surface area (Å²) in [4.78, 5) is 19.1. The van der Waals surface area contributed by atoms with Crippen molar-refractivity contribution in [3.05, 3.63) is 59.9 Å². The molecular weight excluding hydrogens is 286 g/mol. The van der Waals surface area contributed by atoms with Crippen LogP contribution in [0.4, 0.5) is 5.69 Å². The molecule has 23 heavy (non-hydrogen) atoms. The molecule has 1 aliphatic rings. The first-order valence-electron chi connectivity index (χ1n) is 8.11. The molecular formula is C19H23N3O. The topological polar surface area (TPSA) is 45.2 Å². The number of carbonyl (C=O) groups is 1. The Bertz CT molecular complexity index is 669. The van der Waals surface area contributed by atoms with Gasteiger partial charge in [0.15, 0.2) is 0 Å². The molecule has 4 nitrogen and oxygen atoms in total. The van der Waals surface area contributed by atoms with E-state index in [4.69, 9.17) is 0 Å². The maximum Gasteiger partial charge on any atom is 0.245 e. The van der Waals surface area contributed by atoms with E-state index in [1.54, 1.807) is 12.4 Å². The van der Waals surface area contributed by atoms with Gasteiger partial charge in [-0.15, -0.1) is 0 Å². The fourth-order valence-corrected chi connectivity index (χ4v) is 3.22. The molecule has 3 rings (SSSR count). The molecule has 0 bridgehead atoms. The molecule has 0 radical (unpaired) electrons. The van der Waals surface area contributed by atoms with Gasteiger partial charge in [-0.2, -0.15) is 0 Å². The first-order chi connectivity index (χ1) is 11.1. The molecule has 0 aliphatic carbocycles. The number of anilines is 1. The fourth-order valence-electron chi connectivity index (χ4n) is 3.22. The van der Waals surface area contributed by atoms with E-state index in [1.807, 2.05) is 19.1 Å². The van der Waals surface area contributed by atoms with E-state index < -0.39 is 5.54 Å². The van der Waals surface area contributed by atoms with Gasteiger partial charge in [-0.3, -0.25) is 9.78 Å². The molecule has 2 aromatic rings. The third-order valence-corrected chi connectivity index (χ3v) is 4.68. The normalized spacial score (nSPS) is 20.5. The van der Waals surface area contributed by atoms with E-state index in [2.05, 4.69) is 46.4 Å². The van der Waals surface area contributed by atoms with Crippen molar-refractivity contribution in [1.29, 1.82) is 0 Å². The molecule has 1 atom stereocenters. The lowest BCUT2D eigenvalue weighted by atomic mass is 9.97. The second-order valence-corrected chi connectivity index (χ2v) is 6.40. The summed E-state index contributed by atoms with van der Waals surface area (Å²) in [5.74, 6) is 0.0902. The Hall–Kier alpha value is -2.36. The molecule has 1 amide bonds. The fraction of sp³-hybridized carbons (Fsp3) is 0.368. The Morgan fingerprint density at radius 1 is 1.22 bits per heavy atom. The summed E-state index contributed by atoms with van der Waals surface area (Å²) in [5.41, 5.74) is 2.92. The molecule has 1 aromatic heterocycles. The highest BCUT2D eigenvalue weighted by atomic mass is 16.2. The summed E-state index contributed by atoms with van der Waals surface area (Å²) in [6.45, 7) is 5.57. The van der Waals surface area contributed by atoms with Crippen LogP contribution in [0.15, 0.2) is 48.8 Å². The van der Waals surface area contributed by atoms with Gasteiger partial charge in [0.1, 0.15) is 5.54 Å². The zero-order chi connectivity index (χ0) is 16.3. The van der Waals surface area contributed by atoms with E-state index >= 15 is 0 Å². The molecule has 4 heteroatoms. The van der Waals surface area contributed by atoms with E-state index in [9.17, 15) is 4.79 Å². The zero-order valence-electron chi connectivity index (χ0n) is 13.7. The summed E-state index contributed by atoms with van der Waals surface area (Å²) in [6.07, 6.45) is 5.45. The highest BCUT2D eigenvalue weighted by Crippen LogP contribution is 2.33. The SMILES string of the molecule is Cc1ccc(CNC(=O)[C@]2(C)CCCN2c2ccncc2)cc1. The number of pyridine rings is 1. The molecule has 2 heterocycles. The van der Waals surface area contributed by atoms with Crippen molar-refractivity contribution in [2.24, 2.45) is 0 Å². The molecule has 1 fully saturated rings. The van der Waals surface area contributed by atoms with Crippen LogP contribution >= 0.6 is 0 Å². The minimum Gasteiger partial charge on any atom is -0.357 e. The van der Waals surface area contributed by atoms with Gasteiger partial charge in [-0.25, -0.2) is 0 Å². The number of hydrogen-bond donors (Lipinski definition) is 1. The van der Waals surface area contributed by atoms with Gasteiger partial charge < -0.3 is 10.2 Å². The minimum absolute atomic E-state index is 0.0902. The van der Waals surface area contributed by atoms with Crippen LogP contribution < -0.4 is 10.2 Å². The number of nitrogens with one attached hydrogen (secondary N) is 1. The van der Waals surface area contributed by atoms with E-state index in [1.165, 1.54) is 5.56 Å². The molecule has 1 aliphatic heterocycles. The van der Waals surface area contributed by atoms with Crippen LogP contribution in [-0.4, -0.2) is 23.0 Å². The highest BCUT2D eigenvalue weighted by molar-refractivity contribution is 5.90. The number of nitrogens with zero attached hydrogens (tertiary/aromatic N) is 2. The van der Waals surface area contributed by atoms with Crippen molar-refractivity contribution < 1.29 is 4.79 Å². The monoisotopic (exact) mass is 309 g/mol. The average molecular weight is 309 g/mol. The Labute approximate surface area is 137 Å². The Morgan fingerprint density at radius 3 is 2.61 bits per heavy atom. The van der Waals surface area contributed by atoms with Crippen LogP contribution in [0, 0.1) is 6.92 Å². The smallest absolute Gasteiger partial charge is 0.245 e. The number of rotatable bonds is 4. The number of aryl methyl sites for hydroxylation is 1. The quantitative estimate of drug-likeness (QED) is 0.944. The summed E-state index contributed by atoms with van der Waals surface area (Å²) in [7, 11) is 0. The van der Waals surface area contributed by atoms with Gasteiger partial charge in [0.25, 0.3) is 0 Å². The summed E-state index contributed by atoms with van der Waals surface area (Å²) < 4.78 is 0. The number of amides is 1. The van der Waals surface area contributed by atoms with Crippen molar-refractivity contribution >= 4 is 11.6 Å². The van der Waals surface area contributed by atoms with Crippen molar-refractivity contribution in [1.82, 2.24) is 10.3 Å². The van der Waals surface area contributed by atoms with Crippen LogP contribution in [0.25, 0.3) is 0 Å². The molecule has 1 N–H and O–H groups in total. The van der Waals surface area contributed by atoms with Crippen molar-refractivity contribution in [3.8, 4) is 0 Å². The van der Waals surface area contributed by atoms with E-state index in [0.29, 0.717) is 6.54 Å². The van der Waals surface area contributed by atoms with Gasteiger partial charge in [-0.1, -0.05) is 29.8 Å². The van der Waals surface area contributed by atoms with Gasteiger partial charge in [0, 0.05) is 31.2 Å². The lowest BCUT2D eigenvalue weighted by molar-refractivity contribution is -0.125. The van der Waals surface area contributed by atoms with Gasteiger partial charge >= 0.3 is 0 Å². The lowest BCUT2D eigenvalue weighted by Crippen LogP contribution is -2.53. The molecule has 0 unspecified atom stereocenters. The number of hydrogen-bond acceptors (Lipinski definition) is 3. The maximum atomic E-state index is 12.8. The molecule has 120 valence electrons. The highest BCUT2D eigenvalue weighted by Gasteiger charge is 2.43. The third kappa shape index (κ3) is 3.21. The predicted octanol–water partition coefficient (Wildman–Crippen LogP) is 3.07. The van der Waals surface area contributed by atoms with Crippen LogP contribution in [0.3, 0.4) is 0 Å². The summed E-state index contributed by atoms with van der Waals surface area (Å²) in [6, 6.07) is 12.2. The van der Waals surface area contributed by atoms with Crippen LogP contribution in [0.5, 0.6) is 0 Å². The van der Waals surface area contributed by atoms with Crippen molar-refractivity contribution in [2.75, 3.05) is 11.4 Å². The second kappa shape index (κ2) is 6.41. The van der Waals surface area contributed by atoms with E-state index in [-0.39, 0.29) is 5.91 Å². The minimum atomic E-state index is -0.494. The molecule has 1 saturated heterocycles. The van der Waals surface area contributed by atoms with Crippen LogP contribution in [0.2, 0.25) is 0 Å². The number of aromatic nitrogens is 1. The largest absolute Gasteiger partial charge is 0.357 e. The zero-order valence-corrected chi connectivity index (χ0v) is 13.7. The summed E-state index contributed by atoms with van der Waals surface area (Å²) >= 11 is 0. The lowest BCUT2D eigenvalue weighted by Gasteiger charge is -2.35. The predicted molar refractivity (Wildman–Crippen MR) is 92.2 cm³/mol. The molecule has 0 spiro atoms. The summed E-state index contributed by atoms with van der Waals surface area (Å²) in [5, 5.41) is 3.10. The number of carbonyl (C=O) groups excluding carboxylic acids is 1. The number of benzene rings is 1. The second-order valence-electron chi connectivity index (χ2n) is 6.40. The van der Waals surface area contributed by atoms with Crippen molar-refractivity contribution in [3.63, 3.8) is 0 Å². The maximum absolute atomic E-state index is 12.8. The third-order valence-electron chi connectivity index (χ3n) is 4.68. The van der Waals surface area contributed by atoms with Gasteiger partial charge in [0.05, 0.1) is 0 Å². The average Bonchev–Trinajstić information content (AvgIpc) is 2.98. The Balaban J connectivity index is 1.71. The molecule has 1 aromatic carbocycles. The van der Waals surface area contributed by atoms with Gasteiger partial charge in [-0.05, 0) is 44.4 Å². The van der Waals surface area contributed by atoms with Crippen molar-refractivity contribution in [2.45, 2.75) is 38.8 Å². The molecule has 0 saturated carbocycles. The Morgan fingerprint density at radius 2 is 1.91 bits per heavy atom. The first kappa shape index (κ1) is 15.5. The van der Waals surface area contributed by atoms with Crippen LogP contribution in [0.1, 0.15) is 30.9 Å². The Kier molecular flexibility index (Phi) is 4.33.